The Morgan fingerprint density at radius 3 is 3.11 bits per heavy atom. The second-order valence-electron chi connectivity index (χ2n) is 4.99. The van der Waals surface area contributed by atoms with Crippen molar-refractivity contribution in [3.63, 3.8) is 0 Å². The van der Waals surface area contributed by atoms with E-state index in [9.17, 15) is 0 Å². The highest BCUT2D eigenvalue weighted by atomic mass is 15.2. The highest BCUT2D eigenvalue weighted by Gasteiger charge is 2.16. The Morgan fingerprint density at radius 2 is 2.33 bits per heavy atom. The molecule has 5 heteroatoms. The Hall–Kier alpha value is -1.36. The zero-order valence-electron chi connectivity index (χ0n) is 11.1. The number of nitrogens with two attached hydrogens (primary N) is 1. The van der Waals surface area contributed by atoms with Crippen LogP contribution in [0.5, 0.6) is 0 Å². The first-order valence-electron chi connectivity index (χ1n) is 6.81. The van der Waals surface area contributed by atoms with Gasteiger partial charge in [-0.05, 0) is 32.7 Å². The predicted molar refractivity (Wildman–Crippen MR) is 74.4 cm³/mol. The Balaban J connectivity index is 1.66. The highest BCUT2D eigenvalue weighted by Crippen LogP contribution is 2.16. The first kappa shape index (κ1) is 13.1. The summed E-state index contributed by atoms with van der Waals surface area (Å²) in [6, 6.07) is 0.742. The molecule has 0 spiro atoms. The maximum atomic E-state index is 5.58. The van der Waals surface area contributed by atoms with Crippen molar-refractivity contribution < 1.29 is 0 Å². The lowest BCUT2D eigenvalue weighted by Crippen LogP contribution is -2.38. The second kappa shape index (κ2) is 6.54. The Labute approximate surface area is 109 Å². The molecule has 2 rings (SSSR count). The first-order chi connectivity index (χ1) is 8.75. The number of nitrogens with one attached hydrogen (secondary N) is 1. The Morgan fingerprint density at radius 1 is 1.44 bits per heavy atom. The summed E-state index contributed by atoms with van der Waals surface area (Å²) in [6.45, 7) is 5.65. The van der Waals surface area contributed by atoms with Crippen molar-refractivity contribution in [3.8, 4) is 0 Å². The smallest absolute Gasteiger partial charge is 0.146 e. The van der Waals surface area contributed by atoms with Crippen LogP contribution in [0.15, 0.2) is 12.4 Å². The highest BCUT2D eigenvalue weighted by molar-refractivity contribution is 5.38. The van der Waals surface area contributed by atoms with Crippen molar-refractivity contribution in [3.05, 3.63) is 12.4 Å². The van der Waals surface area contributed by atoms with Crippen molar-refractivity contribution in [2.45, 2.75) is 38.6 Å². The van der Waals surface area contributed by atoms with Crippen molar-refractivity contribution in [2.75, 3.05) is 30.7 Å². The molecule has 0 radical (unpaired) electrons. The summed E-state index contributed by atoms with van der Waals surface area (Å²) in [6.07, 6.45) is 8.46. The molecule has 0 saturated carbocycles. The van der Waals surface area contributed by atoms with E-state index in [2.05, 4.69) is 27.1 Å². The minimum Gasteiger partial charge on any atom is -0.382 e. The lowest BCUT2D eigenvalue weighted by molar-refractivity contribution is 0.160. The van der Waals surface area contributed by atoms with Gasteiger partial charge in [0.25, 0.3) is 0 Å². The molecule has 2 heterocycles. The fraction of sp³-hybridized carbons (Fsp3) is 0.692. The summed E-state index contributed by atoms with van der Waals surface area (Å²) in [7, 11) is 0. The molecule has 1 aliphatic heterocycles. The van der Waals surface area contributed by atoms with Gasteiger partial charge in [-0.25, -0.2) is 4.98 Å². The van der Waals surface area contributed by atoms with Gasteiger partial charge in [0.05, 0.1) is 12.4 Å². The maximum Gasteiger partial charge on any atom is 0.146 e. The number of hydrogen-bond donors (Lipinski definition) is 2. The standard InChI is InChI=1S/C13H23N5/c1-11-5-2-3-7-18(11)8-4-6-16-13-10-15-9-12(14)17-13/h9-11H,2-8H2,1H3,(H3,14,16,17). The number of anilines is 2. The molecule has 3 N–H and O–H groups in total. The van der Waals surface area contributed by atoms with E-state index in [1.807, 2.05) is 0 Å². The summed E-state index contributed by atoms with van der Waals surface area (Å²) in [5.41, 5.74) is 5.58. The van der Waals surface area contributed by atoms with Crippen LogP contribution in [0, 0.1) is 0 Å². The van der Waals surface area contributed by atoms with Gasteiger partial charge in [0.1, 0.15) is 11.6 Å². The fourth-order valence-electron chi connectivity index (χ4n) is 2.45. The largest absolute Gasteiger partial charge is 0.382 e. The molecule has 0 amide bonds. The molecule has 100 valence electrons. The van der Waals surface area contributed by atoms with Crippen LogP contribution in [-0.2, 0) is 0 Å². The molecule has 0 bridgehead atoms. The van der Waals surface area contributed by atoms with E-state index < -0.39 is 0 Å². The summed E-state index contributed by atoms with van der Waals surface area (Å²) in [5.74, 6) is 1.23. The number of piperidine rings is 1. The predicted octanol–water partition coefficient (Wildman–Crippen LogP) is 1.74. The topological polar surface area (TPSA) is 67.1 Å². The van der Waals surface area contributed by atoms with E-state index in [1.54, 1.807) is 12.4 Å². The van der Waals surface area contributed by atoms with Gasteiger partial charge in [-0.2, -0.15) is 0 Å². The van der Waals surface area contributed by atoms with E-state index in [1.165, 1.54) is 25.8 Å². The molecule has 18 heavy (non-hydrogen) atoms. The molecule has 1 fully saturated rings. The Kier molecular flexibility index (Phi) is 4.75. The normalized spacial score (nSPS) is 20.8. The van der Waals surface area contributed by atoms with Crippen molar-refractivity contribution >= 4 is 11.6 Å². The van der Waals surface area contributed by atoms with Gasteiger partial charge >= 0.3 is 0 Å². The van der Waals surface area contributed by atoms with Gasteiger partial charge < -0.3 is 16.0 Å². The third-order valence-corrected chi connectivity index (χ3v) is 3.52. The molecule has 0 aromatic carbocycles. The summed E-state index contributed by atoms with van der Waals surface area (Å²) in [4.78, 5) is 10.7. The average molecular weight is 249 g/mol. The van der Waals surface area contributed by atoms with Crippen LogP contribution in [0.3, 0.4) is 0 Å². The molecule has 1 saturated heterocycles. The van der Waals surface area contributed by atoms with Gasteiger partial charge in [-0.15, -0.1) is 0 Å². The van der Waals surface area contributed by atoms with Crippen LogP contribution < -0.4 is 11.1 Å². The summed E-state index contributed by atoms with van der Waals surface area (Å²) in [5, 5.41) is 3.26. The number of nitrogens with zero attached hydrogens (tertiary/aromatic N) is 3. The van der Waals surface area contributed by atoms with Gasteiger partial charge in [0.15, 0.2) is 0 Å². The lowest BCUT2D eigenvalue weighted by atomic mass is 10.0. The van der Waals surface area contributed by atoms with Crippen molar-refractivity contribution in [1.82, 2.24) is 14.9 Å². The molecule has 1 unspecified atom stereocenters. The molecule has 1 aromatic heterocycles. The van der Waals surface area contributed by atoms with Crippen LogP contribution in [0.2, 0.25) is 0 Å². The third kappa shape index (κ3) is 3.84. The molecular weight excluding hydrogens is 226 g/mol. The van der Waals surface area contributed by atoms with Crippen molar-refractivity contribution in [1.29, 1.82) is 0 Å². The first-order valence-corrected chi connectivity index (χ1v) is 6.81. The fourth-order valence-corrected chi connectivity index (χ4v) is 2.45. The maximum absolute atomic E-state index is 5.58. The van der Waals surface area contributed by atoms with Crippen LogP contribution in [-0.4, -0.2) is 40.5 Å². The minimum atomic E-state index is 0.463. The van der Waals surface area contributed by atoms with E-state index in [-0.39, 0.29) is 0 Å². The van der Waals surface area contributed by atoms with Gasteiger partial charge in [-0.3, -0.25) is 4.98 Å². The monoisotopic (exact) mass is 249 g/mol. The quantitative estimate of drug-likeness (QED) is 0.778. The number of rotatable bonds is 5. The van der Waals surface area contributed by atoms with E-state index in [4.69, 9.17) is 5.73 Å². The molecule has 5 nitrogen and oxygen atoms in total. The molecule has 1 atom stereocenters. The molecular formula is C13H23N5. The molecule has 1 aromatic rings. The van der Waals surface area contributed by atoms with E-state index >= 15 is 0 Å². The molecule has 0 aliphatic carbocycles. The SMILES string of the molecule is CC1CCCCN1CCCNc1cncc(N)n1. The van der Waals surface area contributed by atoms with Crippen LogP contribution >= 0.6 is 0 Å². The molecule has 1 aliphatic rings. The Bertz CT molecular complexity index is 368. The van der Waals surface area contributed by atoms with Crippen molar-refractivity contribution in [2.24, 2.45) is 0 Å². The summed E-state index contributed by atoms with van der Waals surface area (Å²) < 4.78 is 0. The zero-order valence-corrected chi connectivity index (χ0v) is 11.1. The second-order valence-corrected chi connectivity index (χ2v) is 4.99. The lowest BCUT2D eigenvalue weighted by Gasteiger charge is -2.33. The van der Waals surface area contributed by atoms with Gasteiger partial charge in [0, 0.05) is 19.1 Å². The number of likely N-dealkylation sites (tertiary alicyclic amines) is 1. The van der Waals surface area contributed by atoms with Gasteiger partial charge in [-0.1, -0.05) is 6.42 Å². The third-order valence-electron chi connectivity index (χ3n) is 3.52. The van der Waals surface area contributed by atoms with Crippen LogP contribution in [0.4, 0.5) is 11.6 Å². The van der Waals surface area contributed by atoms with E-state index in [0.29, 0.717) is 5.82 Å². The number of nitrogen functional groups attached to an aromatic ring is 1. The van der Waals surface area contributed by atoms with Crippen LogP contribution in [0.1, 0.15) is 32.6 Å². The number of hydrogen-bond acceptors (Lipinski definition) is 5. The van der Waals surface area contributed by atoms with E-state index in [0.717, 1.165) is 31.4 Å². The van der Waals surface area contributed by atoms with Crippen LogP contribution in [0.25, 0.3) is 0 Å². The van der Waals surface area contributed by atoms with Gasteiger partial charge in [0.2, 0.25) is 0 Å². The average Bonchev–Trinajstić information content (AvgIpc) is 2.37. The number of aromatic nitrogens is 2. The summed E-state index contributed by atoms with van der Waals surface area (Å²) >= 11 is 0. The minimum absolute atomic E-state index is 0.463. The zero-order chi connectivity index (χ0) is 12.8.